The normalized spacial score (nSPS) is 19.2. The number of carbonyl (C=O) groups excluding carboxylic acids is 1. The van der Waals surface area contributed by atoms with E-state index >= 15 is 0 Å². The van der Waals surface area contributed by atoms with E-state index in [9.17, 15) is 13.2 Å². The molecule has 0 spiro atoms. The van der Waals surface area contributed by atoms with Gasteiger partial charge in [0.15, 0.2) is 5.13 Å². The molecule has 1 atom stereocenters. The van der Waals surface area contributed by atoms with Gasteiger partial charge in [0.1, 0.15) is 0 Å². The molecule has 1 aromatic heterocycles. The second-order valence-electron chi connectivity index (χ2n) is 9.44. The molecule has 36 heavy (non-hydrogen) atoms. The smallest absolute Gasteiger partial charge is 0.260 e. The third-order valence-corrected chi connectivity index (χ3v) is 9.61. The highest BCUT2D eigenvalue weighted by molar-refractivity contribution is 7.89. The summed E-state index contributed by atoms with van der Waals surface area (Å²) < 4.78 is 39.6. The van der Waals surface area contributed by atoms with Gasteiger partial charge in [-0.25, -0.2) is 13.4 Å². The monoisotopic (exact) mass is 529 g/mol. The maximum Gasteiger partial charge on any atom is 0.260 e. The second kappa shape index (κ2) is 10.5. The van der Waals surface area contributed by atoms with E-state index in [-0.39, 0.29) is 16.9 Å². The van der Waals surface area contributed by atoms with Gasteiger partial charge in [-0.2, -0.15) is 4.31 Å². The van der Waals surface area contributed by atoms with Gasteiger partial charge in [0.2, 0.25) is 10.0 Å². The van der Waals surface area contributed by atoms with Crippen molar-refractivity contribution in [3.63, 3.8) is 0 Å². The Morgan fingerprint density at radius 3 is 2.56 bits per heavy atom. The number of aromatic nitrogens is 1. The number of rotatable bonds is 7. The maximum absolute atomic E-state index is 13.8. The molecule has 2 fully saturated rings. The molecule has 2 saturated heterocycles. The zero-order valence-electron chi connectivity index (χ0n) is 20.6. The van der Waals surface area contributed by atoms with Crippen LogP contribution in [0.25, 0.3) is 10.2 Å². The minimum Gasteiger partial charge on any atom is -0.379 e. The van der Waals surface area contributed by atoms with Crippen LogP contribution in [0.4, 0.5) is 5.13 Å². The molecule has 0 bridgehead atoms. The average molecular weight is 530 g/mol. The minimum atomic E-state index is -3.63. The molecule has 10 heteroatoms. The van der Waals surface area contributed by atoms with E-state index in [2.05, 4.69) is 19.9 Å². The van der Waals surface area contributed by atoms with Gasteiger partial charge in [0.25, 0.3) is 5.91 Å². The highest BCUT2D eigenvalue weighted by Gasteiger charge is 2.29. The number of benzene rings is 2. The summed E-state index contributed by atoms with van der Waals surface area (Å²) in [5, 5.41) is 0.628. The van der Waals surface area contributed by atoms with Gasteiger partial charge in [-0.3, -0.25) is 9.69 Å². The lowest BCUT2D eigenvalue weighted by Crippen LogP contribution is -2.40. The summed E-state index contributed by atoms with van der Waals surface area (Å²) in [6.07, 6.45) is 1.81. The van der Waals surface area contributed by atoms with Gasteiger partial charge in [0, 0.05) is 25.3 Å². The maximum atomic E-state index is 13.8. The minimum absolute atomic E-state index is 0.0495. The van der Waals surface area contributed by atoms with Crippen molar-refractivity contribution in [2.75, 3.05) is 44.4 Å². The van der Waals surface area contributed by atoms with E-state index in [1.807, 2.05) is 12.1 Å². The van der Waals surface area contributed by atoms with Crippen LogP contribution in [0.1, 0.15) is 48.5 Å². The summed E-state index contributed by atoms with van der Waals surface area (Å²) in [5.74, 6) is 0.0953. The molecule has 1 unspecified atom stereocenters. The number of morpholine rings is 1. The number of sulfonamides is 1. The van der Waals surface area contributed by atoms with Crippen LogP contribution < -0.4 is 4.90 Å². The van der Waals surface area contributed by atoms with E-state index in [1.54, 1.807) is 17.0 Å². The van der Waals surface area contributed by atoms with Crippen molar-refractivity contribution in [2.24, 2.45) is 0 Å². The predicted molar refractivity (Wildman–Crippen MR) is 140 cm³/mol. The van der Waals surface area contributed by atoms with E-state index in [0.717, 1.165) is 28.6 Å². The summed E-state index contributed by atoms with van der Waals surface area (Å²) in [6, 6.07) is 12.3. The Balaban J connectivity index is 1.45. The number of nitrogens with zero attached hydrogens (tertiary/aromatic N) is 3. The van der Waals surface area contributed by atoms with Crippen molar-refractivity contribution in [3.8, 4) is 0 Å². The topological polar surface area (TPSA) is 89.0 Å². The Morgan fingerprint density at radius 2 is 1.89 bits per heavy atom. The molecule has 0 radical (unpaired) electrons. The van der Waals surface area contributed by atoms with Crippen molar-refractivity contribution < 1.29 is 22.7 Å². The molecular weight excluding hydrogens is 498 g/mol. The Bertz CT molecular complexity index is 1330. The van der Waals surface area contributed by atoms with Crippen LogP contribution in [0.2, 0.25) is 0 Å². The van der Waals surface area contributed by atoms with Crippen LogP contribution in [-0.4, -0.2) is 69.2 Å². The van der Waals surface area contributed by atoms with E-state index in [1.165, 1.54) is 27.8 Å². The lowest BCUT2D eigenvalue weighted by atomic mass is 10.0. The first kappa shape index (κ1) is 25.3. The number of hydrogen-bond donors (Lipinski definition) is 0. The molecule has 3 aromatic rings. The highest BCUT2D eigenvalue weighted by Crippen LogP contribution is 2.35. The van der Waals surface area contributed by atoms with E-state index in [4.69, 9.17) is 14.5 Å². The summed E-state index contributed by atoms with van der Waals surface area (Å²) in [5.41, 5.74) is 2.49. The number of para-hydroxylation sites is 1. The van der Waals surface area contributed by atoms with Crippen molar-refractivity contribution in [1.29, 1.82) is 0 Å². The fourth-order valence-electron chi connectivity index (χ4n) is 4.64. The molecule has 5 rings (SSSR count). The summed E-state index contributed by atoms with van der Waals surface area (Å²) in [6.45, 7) is 6.79. The van der Waals surface area contributed by atoms with Gasteiger partial charge in [-0.05, 0) is 54.7 Å². The highest BCUT2D eigenvalue weighted by atomic mass is 32.2. The summed E-state index contributed by atoms with van der Waals surface area (Å²) in [7, 11) is -3.63. The number of thiazole rings is 1. The summed E-state index contributed by atoms with van der Waals surface area (Å²) in [4.78, 5) is 20.5. The molecule has 2 aliphatic heterocycles. The van der Waals surface area contributed by atoms with Gasteiger partial charge < -0.3 is 9.47 Å². The van der Waals surface area contributed by atoms with Crippen molar-refractivity contribution in [3.05, 3.63) is 53.6 Å². The van der Waals surface area contributed by atoms with Crippen LogP contribution in [0.15, 0.2) is 47.4 Å². The Kier molecular flexibility index (Phi) is 7.41. The number of carbonyl (C=O) groups is 1. The number of amides is 1. The van der Waals surface area contributed by atoms with Crippen molar-refractivity contribution in [1.82, 2.24) is 9.29 Å². The molecule has 8 nitrogen and oxygen atoms in total. The summed E-state index contributed by atoms with van der Waals surface area (Å²) >= 11 is 1.49. The van der Waals surface area contributed by atoms with Crippen LogP contribution in [-0.2, 0) is 19.5 Å². The van der Waals surface area contributed by atoms with Crippen molar-refractivity contribution in [2.45, 2.75) is 43.6 Å². The standard InChI is InChI=1S/C26H31N3O5S2/c1-18(2)22-6-3-7-23-24(22)27-26(35-23)29(17-20-5-4-14-34-20)25(30)19-8-10-21(11-9-19)36(31,32)28-12-15-33-16-13-28/h3,6-11,18,20H,4-5,12-17H2,1-2H3. The first-order valence-corrected chi connectivity index (χ1v) is 14.6. The zero-order valence-corrected chi connectivity index (χ0v) is 22.2. The van der Waals surface area contributed by atoms with Crippen LogP contribution in [0.5, 0.6) is 0 Å². The lowest BCUT2D eigenvalue weighted by Gasteiger charge is -2.26. The molecule has 0 N–H and O–H groups in total. The molecule has 0 saturated carbocycles. The molecule has 2 aliphatic rings. The van der Waals surface area contributed by atoms with E-state index < -0.39 is 10.0 Å². The number of ether oxygens (including phenoxy) is 2. The van der Waals surface area contributed by atoms with E-state index in [0.29, 0.717) is 56.1 Å². The molecule has 2 aromatic carbocycles. The van der Waals surface area contributed by atoms with Gasteiger partial charge in [-0.1, -0.05) is 37.3 Å². The number of anilines is 1. The lowest BCUT2D eigenvalue weighted by molar-refractivity contribution is 0.0730. The second-order valence-corrected chi connectivity index (χ2v) is 12.4. The van der Waals surface area contributed by atoms with Gasteiger partial charge >= 0.3 is 0 Å². The predicted octanol–water partition coefficient (Wildman–Crippen LogP) is 4.27. The molecule has 0 aliphatic carbocycles. The molecule has 192 valence electrons. The number of hydrogen-bond acceptors (Lipinski definition) is 7. The Morgan fingerprint density at radius 1 is 1.14 bits per heavy atom. The molecular formula is C26H31N3O5S2. The van der Waals surface area contributed by atoms with Crippen LogP contribution >= 0.6 is 11.3 Å². The van der Waals surface area contributed by atoms with Gasteiger partial charge in [-0.15, -0.1) is 0 Å². The quantitative estimate of drug-likeness (QED) is 0.454. The fraction of sp³-hybridized carbons (Fsp3) is 0.462. The largest absolute Gasteiger partial charge is 0.379 e. The first-order valence-electron chi connectivity index (χ1n) is 12.4. The molecule has 3 heterocycles. The Labute approximate surface area is 215 Å². The van der Waals surface area contributed by atoms with Crippen LogP contribution in [0, 0.1) is 0 Å². The fourth-order valence-corrected chi connectivity index (χ4v) is 7.06. The number of fused-ring (bicyclic) bond motifs is 1. The average Bonchev–Trinajstić information content (AvgIpc) is 3.57. The third-order valence-electron chi connectivity index (χ3n) is 6.66. The zero-order chi connectivity index (χ0) is 25.3. The van der Waals surface area contributed by atoms with Crippen LogP contribution in [0.3, 0.4) is 0 Å². The molecule has 1 amide bonds. The third kappa shape index (κ3) is 5.05. The first-order chi connectivity index (χ1) is 17.3. The SMILES string of the molecule is CC(C)c1cccc2sc(N(CC3CCCO3)C(=O)c3ccc(S(=O)(=O)N4CCOCC4)cc3)nc12. The Hall–Kier alpha value is -2.37. The van der Waals surface area contributed by atoms with Crippen molar-refractivity contribution >= 4 is 42.6 Å². The van der Waals surface area contributed by atoms with Gasteiger partial charge in [0.05, 0.1) is 41.0 Å².